The maximum Gasteiger partial charge on any atom is 0.335 e. The number of hydrogen-bond donors (Lipinski definition) is 1. The molecule has 140 valence electrons. The average Bonchev–Trinajstić information content (AvgIpc) is 3.16. The Morgan fingerprint density at radius 3 is 2.71 bits per heavy atom. The highest BCUT2D eigenvalue weighted by molar-refractivity contribution is 5.88. The molecule has 1 N–H and O–H groups in total. The van der Waals surface area contributed by atoms with Crippen LogP contribution in [0.15, 0.2) is 53.6 Å². The van der Waals surface area contributed by atoms with Crippen LogP contribution in [0.1, 0.15) is 15.9 Å². The van der Waals surface area contributed by atoms with Crippen molar-refractivity contribution in [2.45, 2.75) is 6.54 Å². The van der Waals surface area contributed by atoms with E-state index in [4.69, 9.17) is 9.84 Å². The molecule has 0 unspecified atom stereocenters. The van der Waals surface area contributed by atoms with Gasteiger partial charge in [0.05, 0.1) is 19.2 Å². The van der Waals surface area contributed by atoms with Crippen molar-refractivity contribution in [2.75, 3.05) is 7.11 Å². The van der Waals surface area contributed by atoms with Gasteiger partial charge in [0.2, 0.25) is 5.82 Å². The minimum absolute atomic E-state index is 0.0446. The van der Waals surface area contributed by atoms with Crippen LogP contribution in [-0.4, -0.2) is 47.8 Å². The Labute approximate surface area is 157 Å². The van der Waals surface area contributed by atoms with E-state index in [-0.39, 0.29) is 22.6 Å². The molecule has 0 aliphatic carbocycles. The lowest BCUT2D eigenvalue weighted by Gasteiger charge is -2.03. The monoisotopic (exact) mass is 378 g/mol. The van der Waals surface area contributed by atoms with Crippen molar-refractivity contribution in [1.82, 2.24) is 29.6 Å². The van der Waals surface area contributed by atoms with Crippen LogP contribution < -0.4 is 10.3 Å². The Morgan fingerprint density at radius 2 is 2.00 bits per heavy atom. The van der Waals surface area contributed by atoms with E-state index in [0.717, 1.165) is 11.3 Å². The van der Waals surface area contributed by atoms with Gasteiger partial charge in [-0.05, 0) is 35.0 Å². The highest BCUT2D eigenvalue weighted by Crippen LogP contribution is 2.13. The van der Waals surface area contributed by atoms with Gasteiger partial charge in [-0.15, -0.1) is 10.2 Å². The summed E-state index contributed by atoms with van der Waals surface area (Å²) in [5, 5.41) is 21.2. The predicted molar refractivity (Wildman–Crippen MR) is 97.3 cm³/mol. The van der Waals surface area contributed by atoms with Crippen molar-refractivity contribution >= 4 is 11.6 Å². The molecule has 0 saturated carbocycles. The molecule has 3 heterocycles. The molecule has 3 aromatic heterocycles. The van der Waals surface area contributed by atoms with Crippen molar-refractivity contribution in [3.63, 3.8) is 0 Å². The van der Waals surface area contributed by atoms with Gasteiger partial charge in [-0.1, -0.05) is 12.1 Å². The van der Waals surface area contributed by atoms with Crippen molar-refractivity contribution in [1.29, 1.82) is 0 Å². The first-order chi connectivity index (χ1) is 13.5. The number of carboxylic acid groups (broad SMARTS) is 1. The summed E-state index contributed by atoms with van der Waals surface area (Å²) in [6.45, 7) is 0.376. The quantitative estimate of drug-likeness (QED) is 0.547. The predicted octanol–water partition coefficient (Wildman–Crippen LogP) is 1.10. The van der Waals surface area contributed by atoms with Gasteiger partial charge in [-0.25, -0.2) is 9.78 Å². The molecule has 28 heavy (non-hydrogen) atoms. The molecule has 0 atom stereocenters. The molecule has 0 aliphatic rings. The van der Waals surface area contributed by atoms with Gasteiger partial charge in [0.1, 0.15) is 17.0 Å². The van der Waals surface area contributed by atoms with Crippen LogP contribution in [0.2, 0.25) is 0 Å². The molecule has 1 aromatic carbocycles. The molecule has 0 fully saturated rings. The van der Waals surface area contributed by atoms with E-state index in [1.807, 2.05) is 24.3 Å². The first-order valence-electron chi connectivity index (χ1n) is 8.21. The number of carbonyl (C=O) groups is 1. The van der Waals surface area contributed by atoms with Gasteiger partial charge >= 0.3 is 5.97 Å². The number of tetrazole rings is 1. The van der Waals surface area contributed by atoms with Crippen molar-refractivity contribution < 1.29 is 14.6 Å². The zero-order valence-corrected chi connectivity index (χ0v) is 14.7. The van der Waals surface area contributed by atoms with Gasteiger partial charge < -0.3 is 9.84 Å². The smallest absolute Gasteiger partial charge is 0.335 e. The zero-order chi connectivity index (χ0) is 19.7. The summed E-state index contributed by atoms with van der Waals surface area (Å²) < 4.78 is 6.37. The fourth-order valence-electron chi connectivity index (χ4n) is 2.67. The third-order valence-electron chi connectivity index (χ3n) is 4.13. The third-order valence-corrected chi connectivity index (χ3v) is 4.13. The van der Waals surface area contributed by atoms with E-state index in [1.54, 1.807) is 7.11 Å². The maximum atomic E-state index is 12.7. The number of fused-ring (bicyclic) bond motifs is 1. The summed E-state index contributed by atoms with van der Waals surface area (Å²) >= 11 is 0. The van der Waals surface area contributed by atoms with E-state index >= 15 is 0 Å². The van der Waals surface area contributed by atoms with Crippen LogP contribution in [0.5, 0.6) is 5.75 Å². The first kappa shape index (κ1) is 17.3. The van der Waals surface area contributed by atoms with E-state index in [1.165, 1.54) is 33.7 Å². The van der Waals surface area contributed by atoms with Crippen molar-refractivity contribution in [2.24, 2.45) is 0 Å². The molecular weight excluding hydrogens is 364 g/mol. The van der Waals surface area contributed by atoms with Crippen molar-refractivity contribution in [3.05, 3.63) is 70.3 Å². The van der Waals surface area contributed by atoms with E-state index < -0.39 is 11.5 Å². The maximum absolute atomic E-state index is 12.7. The second-order valence-electron chi connectivity index (χ2n) is 5.92. The standard InChI is InChI=1S/C18H14N6O4/c1-28-13-4-2-11(3-5-13)10-24-21-16(20-22-24)14-9-19-15-8-12(18(26)27)6-7-23(15)17(14)25/h2-9H,10H2,1H3,(H,26,27). The Kier molecular flexibility index (Phi) is 4.28. The molecule has 10 heteroatoms. The molecule has 0 amide bonds. The largest absolute Gasteiger partial charge is 0.497 e. The van der Waals surface area contributed by atoms with E-state index in [2.05, 4.69) is 20.4 Å². The summed E-state index contributed by atoms with van der Waals surface area (Å²) in [7, 11) is 1.60. The lowest BCUT2D eigenvalue weighted by atomic mass is 10.2. The summed E-state index contributed by atoms with van der Waals surface area (Å²) in [6, 6.07) is 10.1. The molecule has 10 nitrogen and oxygen atoms in total. The number of nitrogens with zero attached hydrogens (tertiary/aromatic N) is 6. The first-order valence-corrected chi connectivity index (χ1v) is 8.21. The summed E-state index contributed by atoms with van der Waals surface area (Å²) in [6.07, 6.45) is 2.68. The highest BCUT2D eigenvalue weighted by Gasteiger charge is 2.14. The van der Waals surface area contributed by atoms with Gasteiger partial charge in [0, 0.05) is 12.4 Å². The number of rotatable bonds is 5. The number of ether oxygens (including phenoxy) is 1. The minimum Gasteiger partial charge on any atom is -0.497 e. The normalized spacial score (nSPS) is 10.9. The average molecular weight is 378 g/mol. The molecule has 0 spiro atoms. The molecule has 0 bridgehead atoms. The van der Waals surface area contributed by atoms with Crippen molar-refractivity contribution in [3.8, 4) is 17.1 Å². The molecule has 4 aromatic rings. The summed E-state index contributed by atoms with van der Waals surface area (Å²) in [4.78, 5) is 29.3. The summed E-state index contributed by atoms with van der Waals surface area (Å²) in [5.74, 6) is -0.205. The topological polar surface area (TPSA) is 125 Å². The zero-order valence-electron chi connectivity index (χ0n) is 14.7. The summed E-state index contributed by atoms with van der Waals surface area (Å²) in [5.41, 5.74) is 0.967. The molecule has 0 radical (unpaired) electrons. The third kappa shape index (κ3) is 3.18. The van der Waals surface area contributed by atoms with Crippen LogP contribution in [0.4, 0.5) is 0 Å². The minimum atomic E-state index is -1.09. The van der Waals surface area contributed by atoms with Crippen LogP contribution in [0, 0.1) is 0 Å². The number of pyridine rings is 1. The van der Waals surface area contributed by atoms with Gasteiger partial charge in [0.25, 0.3) is 5.56 Å². The number of methoxy groups -OCH3 is 1. The lowest BCUT2D eigenvalue weighted by molar-refractivity contribution is 0.0697. The number of benzene rings is 1. The number of aromatic carboxylic acids is 1. The fourth-order valence-corrected chi connectivity index (χ4v) is 2.67. The van der Waals surface area contributed by atoms with E-state index in [9.17, 15) is 9.59 Å². The van der Waals surface area contributed by atoms with Crippen LogP contribution in [-0.2, 0) is 6.54 Å². The van der Waals surface area contributed by atoms with Gasteiger partial charge in [-0.3, -0.25) is 9.20 Å². The van der Waals surface area contributed by atoms with Gasteiger partial charge in [-0.2, -0.15) is 4.80 Å². The Hall–Kier alpha value is -4.08. The molecular formula is C18H14N6O4. The van der Waals surface area contributed by atoms with Crippen LogP contribution >= 0.6 is 0 Å². The number of aromatic nitrogens is 6. The van der Waals surface area contributed by atoms with Crippen LogP contribution in [0.3, 0.4) is 0 Å². The molecule has 0 aliphatic heterocycles. The SMILES string of the molecule is COc1ccc(Cn2nnc(-c3cnc4cc(C(=O)O)ccn4c3=O)n2)cc1. The number of carboxylic acids is 1. The Bertz CT molecular complexity index is 1230. The lowest BCUT2D eigenvalue weighted by Crippen LogP contribution is -2.18. The Balaban J connectivity index is 1.65. The number of hydrogen-bond acceptors (Lipinski definition) is 7. The molecule has 0 saturated heterocycles. The van der Waals surface area contributed by atoms with E-state index in [0.29, 0.717) is 6.54 Å². The van der Waals surface area contributed by atoms with Gasteiger partial charge in [0.15, 0.2) is 0 Å². The fraction of sp³-hybridized carbons (Fsp3) is 0.111. The Morgan fingerprint density at radius 1 is 1.21 bits per heavy atom. The second-order valence-corrected chi connectivity index (χ2v) is 5.92. The molecule has 4 rings (SSSR count). The second kappa shape index (κ2) is 6.91. The van der Waals surface area contributed by atoms with Crippen LogP contribution in [0.25, 0.3) is 17.0 Å². The highest BCUT2D eigenvalue weighted by atomic mass is 16.5.